The van der Waals surface area contributed by atoms with Gasteiger partial charge < -0.3 is 14.4 Å². The summed E-state index contributed by atoms with van der Waals surface area (Å²) in [7, 11) is 4.41. The summed E-state index contributed by atoms with van der Waals surface area (Å²) in [5, 5.41) is 0. The highest BCUT2D eigenvalue weighted by atomic mass is 16.5. The molecule has 0 heterocycles. The van der Waals surface area contributed by atoms with Gasteiger partial charge in [-0.3, -0.25) is 0 Å². The summed E-state index contributed by atoms with van der Waals surface area (Å²) in [5.41, 5.74) is 0. The van der Waals surface area contributed by atoms with Crippen LogP contribution in [0.15, 0.2) is 48.6 Å². The highest BCUT2D eigenvalue weighted by Gasteiger charge is 2.36. The number of allylic oxidation sites excluding steroid dienone is 8. The Labute approximate surface area is 288 Å². The highest BCUT2D eigenvalue weighted by molar-refractivity contribution is 4.93. The summed E-state index contributed by atoms with van der Waals surface area (Å²) in [4.78, 5) is 2.36. The average molecular weight is 642 g/mol. The van der Waals surface area contributed by atoms with Gasteiger partial charge in [0.15, 0.2) is 0 Å². The van der Waals surface area contributed by atoms with Crippen LogP contribution in [0.1, 0.15) is 181 Å². The molecule has 0 aromatic rings. The fraction of sp³-hybridized carbons (Fsp3) is 0.814. The van der Waals surface area contributed by atoms with Crippen LogP contribution in [0.5, 0.6) is 0 Å². The van der Waals surface area contributed by atoms with Crippen molar-refractivity contribution in [1.82, 2.24) is 4.90 Å². The molecule has 46 heavy (non-hydrogen) atoms. The second-order valence-electron chi connectivity index (χ2n) is 14.1. The van der Waals surface area contributed by atoms with E-state index in [1.54, 1.807) is 0 Å². The fourth-order valence-corrected chi connectivity index (χ4v) is 6.36. The number of nitrogens with zero attached hydrogens (tertiary/aromatic N) is 1. The highest BCUT2D eigenvalue weighted by Crippen LogP contribution is 2.29. The summed E-state index contributed by atoms with van der Waals surface area (Å²) in [5.74, 6) is 0. The van der Waals surface area contributed by atoms with Gasteiger partial charge in [-0.2, -0.15) is 0 Å². The van der Waals surface area contributed by atoms with Gasteiger partial charge in [-0.25, -0.2) is 0 Å². The number of hydrogen-bond donors (Lipinski definition) is 0. The van der Waals surface area contributed by atoms with Crippen molar-refractivity contribution < 1.29 is 9.47 Å². The van der Waals surface area contributed by atoms with Gasteiger partial charge in [-0.15, -0.1) is 0 Å². The number of hydrogen-bond acceptors (Lipinski definition) is 3. The molecule has 1 saturated carbocycles. The van der Waals surface area contributed by atoms with Crippen molar-refractivity contribution in [3.63, 3.8) is 0 Å². The average Bonchev–Trinajstić information content (AvgIpc) is 3.47. The normalized spacial score (nSPS) is 19.0. The van der Waals surface area contributed by atoms with Crippen molar-refractivity contribution >= 4 is 0 Å². The zero-order valence-electron chi connectivity index (χ0n) is 31.4. The summed E-state index contributed by atoms with van der Waals surface area (Å²) in [6, 6.07) is 0.585. The van der Waals surface area contributed by atoms with E-state index in [2.05, 4.69) is 81.5 Å². The van der Waals surface area contributed by atoms with Gasteiger partial charge in [0.1, 0.15) is 0 Å². The molecule has 3 nitrogen and oxygen atoms in total. The lowest BCUT2D eigenvalue weighted by atomic mass is 10.1. The van der Waals surface area contributed by atoms with E-state index in [0.717, 1.165) is 38.9 Å². The first-order valence-corrected chi connectivity index (χ1v) is 20.2. The third kappa shape index (κ3) is 26.9. The van der Waals surface area contributed by atoms with E-state index in [9.17, 15) is 0 Å². The molecule has 0 radical (unpaired) electrons. The SMILES string of the molecule is CCCCC/C=C\C/C=C\CCCCCCCCO[C@H]1CC(N(C)C)C[C@H]1OCCCCCCCC/C=C\C/C=C\CCCCC. The van der Waals surface area contributed by atoms with Crippen LogP contribution in [0.2, 0.25) is 0 Å². The molecule has 0 bridgehead atoms. The molecule has 1 rings (SSSR count). The first-order chi connectivity index (χ1) is 22.7. The second kappa shape index (κ2) is 33.7. The maximum Gasteiger partial charge on any atom is 0.0852 e. The van der Waals surface area contributed by atoms with Crippen molar-refractivity contribution in [1.29, 1.82) is 0 Å². The van der Waals surface area contributed by atoms with Crippen LogP contribution >= 0.6 is 0 Å². The molecule has 1 aliphatic carbocycles. The number of rotatable bonds is 33. The van der Waals surface area contributed by atoms with Crippen LogP contribution in [0.25, 0.3) is 0 Å². The zero-order chi connectivity index (χ0) is 33.2. The molecule has 0 aromatic heterocycles. The smallest absolute Gasteiger partial charge is 0.0852 e. The summed E-state index contributed by atoms with van der Waals surface area (Å²) >= 11 is 0. The van der Waals surface area contributed by atoms with Gasteiger partial charge in [-0.1, -0.05) is 140 Å². The molecule has 1 aliphatic rings. The Balaban J connectivity index is 2.00. The molecular weight excluding hydrogens is 562 g/mol. The van der Waals surface area contributed by atoms with E-state index in [4.69, 9.17) is 9.47 Å². The predicted molar refractivity (Wildman–Crippen MR) is 205 cm³/mol. The van der Waals surface area contributed by atoms with Gasteiger partial charge in [0, 0.05) is 19.3 Å². The van der Waals surface area contributed by atoms with Crippen molar-refractivity contribution in [3.8, 4) is 0 Å². The molecule has 0 aromatic carbocycles. The lowest BCUT2D eigenvalue weighted by Gasteiger charge is -2.20. The Bertz CT molecular complexity index is 681. The maximum atomic E-state index is 6.42. The third-order valence-electron chi connectivity index (χ3n) is 9.51. The number of unbranched alkanes of at least 4 members (excludes halogenated alkanes) is 18. The Morgan fingerprint density at radius 2 is 0.761 bits per heavy atom. The van der Waals surface area contributed by atoms with Gasteiger partial charge in [-0.05, 0) is 104 Å². The molecule has 1 fully saturated rings. The van der Waals surface area contributed by atoms with Crippen LogP contribution in [0.4, 0.5) is 0 Å². The molecule has 0 N–H and O–H groups in total. The summed E-state index contributed by atoms with van der Waals surface area (Å²) in [6.07, 6.45) is 52.5. The monoisotopic (exact) mass is 642 g/mol. The van der Waals surface area contributed by atoms with Gasteiger partial charge in [0.25, 0.3) is 0 Å². The Hall–Kier alpha value is -1.16. The first kappa shape index (κ1) is 42.9. The minimum Gasteiger partial charge on any atom is -0.375 e. The Kier molecular flexibility index (Phi) is 31.4. The Morgan fingerprint density at radius 1 is 0.435 bits per heavy atom. The van der Waals surface area contributed by atoms with Gasteiger partial charge in [0.05, 0.1) is 12.2 Å². The minimum absolute atomic E-state index is 0.273. The lowest BCUT2D eigenvalue weighted by molar-refractivity contribution is -0.0578. The summed E-state index contributed by atoms with van der Waals surface area (Å²) in [6.45, 7) is 6.32. The van der Waals surface area contributed by atoms with E-state index in [-0.39, 0.29) is 12.2 Å². The minimum atomic E-state index is 0.273. The van der Waals surface area contributed by atoms with Crippen LogP contribution in [-0.2, 0) is 9.47 Å². The van der Waals surface area contributed by atoms with Gasteiger partial charge in [0.2, 0.25) is 0 Å². The quantitative estimate of drug-likeness (QED) is 0.0526. The van der Waals surface area contributed by atoms with Crippen LogP contribution < -0.4 is 0 Å². The molecule has 3 atom stereocenters. The van der Waals surface area contributed by atoms with E-state index in [0.29, 0.717) is 6.04 Å². The lowest BCUT2D eigenvalue weighted by Crippen LogP contribution is -2.27. The molecule has 1 unspecified atom stereocenters. The Morgan fingerprint density at radius 3 is 1.11 bits per heavy atom. The van der Waals surface area contributed by atoms with E-state index < -0.39 is 0 Å². The number of ether oxygens (including phenoxy) is 2. The largest absolute Gasteiger partial charge is 0.375 e. The molecular formula is C43H79NO2. The van der Waals surface area contributed by atoms with E-state index in [1.807, 2.05) is 0 Å². The summed E-state index contributed by atoms with van der Waals surface area (Å²) < 4.78 is 12.8. The fourth-order valence-electron chi connectivity index (χ4n) is 6.36. The molecule has 3 heteroatoms. The third-order valence-corrected chi connectivity index (χ3v) is 9.51. The van der Waals surface area contributed by atoms with Crippen LogP contribution in [-0.4, -0.2) is 50.5 Å². The topological polar surface area (TPSA) is 21.7 Å². The van der Waals surface area contributed by atoms with Crippen molar-refractivity contribution in [2.75, 3.05) is 27.3 Å². The van der Waals surface area contributed by atoms with Crippen molar-refractivity contribution in [2.24, 2.45) is 0 Å². The molecule has 268 valence electrons. The van der Waals surface area contributed by atoms with Crippen molar-refractivity contribution in [2.45, 2.75) is 199 Å². The molecule has 0 saturated heterocycles. The van der Waals surface area contributed by atoms with Crippen LogP contribution in [0.3, 0.4) is 0 Å². The first-order valence-electron chi connectivity index (χ1n) is 20.2. The van der Waals surface area contributed by atoms with Gasteiger partial charge >= 0.3 is 0 Å². The maximum absolute atomic E-state index is 6.42. The predicted octanol–water partition coefficient (Wildman–Crippen LogP) is 13.1. The second-order valence-corrected chi connectivity index (χ2v) is 14.1. The van der Waals surface area contributed by atoms with Crippen LogP contribution in [0, 0.1) is 0 Å². The molecule has 0 amide bonds. The zero-order valence-corrected chi connectivity index (χ0v) is 31.4. The van der Waals surface area contributed by atoms with E-state index in [1.165, 1.54) is 141 Å². The van der Waals surface area contributed by atoms with Crippen molar-refractivity contribution in [3.05, 3.63) is 48.6 Å². The standard InChI is InChI=1S/C43H79NO2/c1-5-7-9-11-13-15-17-19-21-23-25-27-29-31-33-35-37-45-42-39-41(44(3)4)40-43(42)46-38-36-34-32-30-28-26-24-22-20-18-16-14-12-10-8-6-2/h13-16,19-22,41-43H,5-12,17-18,23-40H2,1-4H3/b15-13-,16-14-,21-19-,22-20-/t41?,42-,43+. The molecule has 0 spiro atoms. The molecule has 0 aliphatic heterocycles. The van der Waals surface area contributed by atoms with E-state index >= 15 is 0 Å².